The number of ether oxygens (including phenoxy) is 1. The third kappa shape index (κ3) is 3.71. The van der Waals surface area contributed by atoms with Gasteiger partial charge >= 0.3 is 0 Å². The molecule has 0 radical (unpaired) electrons. The van der Waals surface area contributed by atoms with Gasteiger partial charge in [0.25, 0.3) is 5.88 Å². The van der Waals surface area contributed by atoms with Gasteiger partial charge in [-0.05, 0) is 48.5 Å². The smallest absolute Gasteiger partial charge is 0.256 e. The molecule has 3 aromatic heterocycles. The van der Waals surface area contributed by atoms with Crippen molar-refractivity contribution < 1.29 is 9.26 Å². The van der Waals surface area contributed by atoms with Crippen molar-refractivity contribution in [3.63, 3.8) is 0 Å². The first-order valence-corrected chi connectivity index (χ1v) is 9.49. The quantitative estimate of drug-likeness (QED) is 0.595. The Balaban J connectivity index is 1.65. The molecule has 0 amide bonds. The number of hydrogen-bond donors (Lipinski definition) is 0. The van der Waals surface area contributed by atoms with E-state index >= 15 is 0 Å². The van der Waals surface area contributed by atoms with Gasteiger partial charge in [0.05, 0.1) is 18.0 Å². The second kappa shape index (κ2) is 7.60. The van der Waals surface area contributed by atoms with Gasteiger partial charge in [-0.2, -0.15) is 10.4 Å². The van der Waals surface area contributed by atoms with Crippen LogP contribution in [0.25, 0.3) is 11.3 Å². The first kappa shape index (κ1) is 18.4. The molecule has 3 heterocycles. The minimum Gasteiger partial charge on any atom is -0.447 e. The van der Waals surface area contributed by atoms with Gasteiger partial charge in [-0.3, -0.25) is 0 Å². The lowest BCUT2D eigenvalue weighted by atomic mass is 9.82. The summed E-state index contributed by atoms with van der Waals surface area (Å²) < 4.78 is 13.3. The molecule has 1 fully saturated rings. The van der Waals surface area contributed by atoms with Crippen molar-refractivity contribution in [2.45, 2.75) is 44.8 Å². The van der Waals surface area contributed by atoms with Crippen molar-refractivity contribution in [2.75, 3.05) is 0 Å². The van der Waals surface area contributed by atoms with Crippen molar-refractivity contribution in [2.24, 2.45) is 5.92 Å². The Labute approximate surface area is 167 Å². The lowest BCUT2D eigenvalue weighted by Crippen LogP contribution is -2.43. The minimum atomic E-state index is -0.690. The van der Waals surface area contributed by atoms with Gasteiger partial charge in [0.2, 0.25) is 11.0 Å². The molecule has 0 atom stereocenters. The summed E-state index contributed by atoms with van der Waals surface area (Å²) in [6, 6.07) is 5.82. The molecular formula is C19H19ClN6O2. The Bertz CT molecular complexity index is 1000. The first-order chi connectivity index (χ1) is 13.6. The van der Waals surface area contributed by atoms with Gasteiger partial charge in [-0.15, -0.1) is 0 Å². The van der Waals surface area contributed by atoms with Gasteiger partial charge in [-0.1, -0.05) is 0 Å². The summed E-state index contributed by atoms with van der Waals surface area (Å²) in [5.41, 5.74) is 0.823. The van der Waals surface area contributed by atoms with Crippen LogP contribution in [-0.2, 0) is 5.72 Å². The summed E-state index contributed by atoms with van der Waals surface area (Å²) in [7, 11) is 0. The van der Waals surface area contributed by atoms with E-state index in [2.05, 4.69) is 26.3 Å². The van der Waals surface area contributed by atoms with Gasteiger partial charge in [0.15, 0.2) is 0 Å². The largest absolute Gasteiger partial charge is 0.447 e. The van der Waals surface area contributed by atoms with E-state index in [-0.39, 0.29) is 5.28 Å². The van der Waals surface area contributed by atoms with Crippen LogP contribution < -0.4 is 4.74 Å². The van der Waals surface area contributed by atoms with Crippen LogP contribution in [0.3, 0.4) is 0 Å². The first-order valence-electron chi connectivity index (χ1n) is 9.11. The monoisotopic (exact) mass is 398 g/mol. The zero-order chi connectivity index (χ0) is 19.6. The highest BCUT2D eigenvalue weighted by atomic mass is 35.5. The second-order valence-corrected chi connectivity index (χ2v) is 7.35. The SMILES string of the molecule is Cc1cc(OC2(n3cc(-c4ccnc(Cl)n4)cn3)CCC(CC#N)CC2)no1. The molecule has 8 nitrogen and oxygen atoms in total. The van der Waals surface area contributed by atoms with Crippen molar-refractivity contribution in [3.8, 4) is 23.2 Å². The maximum atomic E-state index is 9.01. The zero-order valence-corrected chi connectivity index (χ0v) is 16.1. The van der Waals surface area contributed by atoms with E-state index < -0.39 is 5.72 Å². The van der Waals surface area contributed by atoms with E-state index in [1.54, 1.807) is 24.5 Å². The predicted octanol–water partition coefficient (Wildman–Crippen LogP) is 4.13. The highest BCUT2D eigenvalue weighted by Crippen LogP contribution is 2.40. The highest BCUT2D eigenvalue weighted by Gasteiger charge is 2.40. The number of nitriles is 1. The average molecular weight is 399 g/mol. The fraction of sp³-hybridized carbons (Fsp3) is 0.421. The molecule has 1 aliphatic rings. The van der Waals surface area contributed by atoms with Crippen LogP contribution in [0.15, 0.2) is 35.2 Å². The van der Waals surface area contributed by atoms with Gasteiger partial charge in [0.1, 0.15) is 5.76 Å². The molecule has 1 saturated carbocycles. The molecule has 9 heteroatoms. The Morgan fingerprint density at radius 2 is 2.25 bits per heavy atom. The van der Waals surface area contributed by atoms with Gasteiger partial charge < -0.3 is 9.26 Å². The summed E-state index contributed by atoms with van der Waals surface area (Å²) in [4.78, 5) is 8.16. The van der Waals surface area contributed by atoms with E-state index in [4.69, 9.17) is 26.1 Å². The van der Waals surface area contributed by atoms with Crippen LogP contribution >= 0.6 is 11.6 Å². The van der Waals surface area contributed by atoms with Crippen LogP contribution in [0.1, 0.15) is 37.9 Å². The minimum absolute atomic E-state index is 0.186. The maximum Gasteiger partial charge on any atom is 0.256 e. The molecule has 144 valence electrons. The zero-order valence-electron chi connectivity index (χ0n) is 15.4. The van der Waals surface area contributed by atoms with Crippen LogP contribution in [0.2, 0.25) is 5.28 Å². The van der Waals surface area contributed by atoms with Crippen LogP contribution in [0, 0.1) is 24.2 Å². The van der Waals surface area contributed by atoms with Crippen LogP contribution in [-0.4, -0.2) is 24.9 Å². The van der Waals surface area contributed by atoms with Gasteiger partial charge in [0, 0.05) is 43.3 Å². The predicted molar refractivity (Wildman–Crippen MR) is 100 cm³/mol. The summed E-state index contributed by atoms with van der Waals surface area (Å²) >= 11 is 5.91. The molecule has 4 rings (SSSR count). The lowest BCUT2D eigenvalue weighted by Gasteiger charge is -2.39. The average Bonchev–Trinajstić information content (AvgIpc) is 3.33. The topological polar surface area (TPSA) is 103 Å². The van der Waals surface area contributed by atoms with Crippen molar-refractivity contribution in [1.29, 1.82) is 5.26 Å². The molecule has 3 aromatic rings. The highest BCUT2D eigenvalue weighted by molar-refractivity contribution is 6.28. The van der Waals surface area contributed by atoms with Crippen LogP contribution in [0.4, 0.5) is 0 Å². The standard InChI is InChI=1S/C19H19ClN6O2/c1-13-10-17(25-28-13)27-19(6-2-14(3-7-19)4-8-21)26-12-15(11-23-26)16-5-9-22-18(20)24-16/h5,9-12,14H,2-4,6-7H2,1H3. The summed E-state index contributed by atoms with van der Waals surface area (Å²) in [5.74, 6) is 1.48. The summed E-state index contributed by atoms with van der Waals surface area (Å²) in [6.07, 6.45) is 8.99. The third-order valence-corrected chi connectivity index (χ3v) is 5.27. The Hall–Kier alpha value is -2.92. The Kier molecular flexibility index (Phi) is 5.01. The van der Waals surface area contributed by atoms with E-state index in [1.807, 2.05) is 17.8 Å². The molecule has 0 saturated heterocycles. The molecule has 0 aromatic carbocycles. The summed E-state index contributed by atoms with van der Waals surface area (Å²) in [5, 5.41) is 17.7. The van der Waals surface area contributed by atoms with E-state index in [9.17, 15) is 0 Å². The molecule has 0 unspecified atom stereocenters. The van der Waals surface area contributed by atoms with Crippen molar-refractivity contribution in [1.82, 2.24) is 24.9 Å². The number of rotatable bonds is 5. The number of hydrogen-bond acceptors (Lipinski definition) is 7. The normalized spacial score (nSPS) is 22.0. The van der Waals surface area contributed by atoms with E-state index in [0.29, 0.717) is 29.7 Å². The number of nitrogens with zero attached hydrogens (tertiary/aromatic N) is 6. The van der Waals surface area contributed by atoms with Crippen molar-refractivity contribution in [3.05, 3.63) is 41.8 Å². The fourth-order valence-corrected chi connectivity index (χ4v) is 3.75. The second-order valence-electron chi connectivity index (χ2n) is 7.01. The summed E-state index contributed by atoms with van der Waals surface area (Å²) in [6.45, 7) is 1.82. The molecular weight excluding hydrogens is 380 g/mol. The number of halogens is 1. The molecule has 0 aliphatic heterocycles. The lowest BCUT2D eigenvalue weighted by molar-refractivity contribution is -0.0689. The number of aryl methyl sites for hydroxylation is 1. The number of aromatic nitrogens is 5. The fourth-order valence-electron chi connectivity index (χ4n) is 3.60. The Morgan fingerprint density at radius 1 is 1.43 bits per heavy atom. The van der Waals surface area contributed by atoms with Gasteiger partial charge in [-0.25, -0.2) is 14.6 Å². The molecule has 1 aliphatic carbocycles. The molecule has 28 heavy (non-hydrogen) atoms. The molecule has 0 bridgehead atoms. The molecule has 0 N–H and O–H groups in total. The maximum absolute atomic E-state index is 9.01. The van der Waals surface area contributed by atoms with Crippen LogP contribution in [0.5, 0.6) is 5.88 Å². The van der Waals surface area contributed by atoms with E-state index in [0.717, 1.165) is 31.2 Å². The van der Waals surface area contributed by atoms with E-state index in [1.165, 1.54) is 0 Å². The third-order valence-electron chi connectivity index (χ3n) is 5.09. The molecule has 0 spiro atoms. The van der Waals surface area contributed by atoms with Crippen molar-refractivity contribution >= 4 is 11.6 Å². The Morgan fingerprint density at radius 3 is 2.93 bits per heavy atom.